The number of benzene rings is 4. The Morgan fingerprint density at radius 1 is 0.921 bits per heavy atom. The van der Waals surface area contributed by atoms with Crippen LogP contribution in [-0.4, -0.2) is 17.1 Å². The predicted molar refractivity (Wildman–Crippen MR) is 157 cm³/mol. The first-order valence-electron chi connectivity index (χ1n) is 12.4. The summed E-state index contributed by atoms with van der Waals surface area (Å²) in [5, 5.41) is 13.3. The van der Waals surface area contributed by atoms with E-state index in [-0.39, 0.29) is 5.92 Å². The molecule has 4 rings (SSSR count). The minimum atomic E-state index is -0.878. The predicted octanol–water partition coefficient (Wildman–Crippen LogP) is 8.34. The van der Waals surface area contributed by atoms with Gasteiger partial charge in [0.15, 0.2) is 0 Å². The second-order valence-corrected chi connectivity index (χ2v) is 10.7. The van der Waals surface area contributed by atoms with E-state index in [0.717, 1.165) is 38.7 Å². The van der Waals surface area contributed by atoms with E-state index in [1.807, 2.05) is 92.7 Å². The molecule has 5 nitrogen and oxygen atoms in total. The molecule has 0 heterocycles. The molecular formula is C31H31ClN2O3S. The number of aliphatic carboxylic acids is 1. The van der Waals surface area contributed by atoms with Crippen molar-refractivity contribution in [3.05, 3.63) is 107 Å². The van der Waals surface area contributed by atoms with Crippen LogP contribution in [0.4, 0.5) is 11.4 Å². The first kappa shape index (κ1) is 27.6. The summed E-state index contributed by atoms with van der Waals surface area (Å²) < 4.78 is 8.98. The molecule has 0 aliphatic rings. The van der Waals surface area contributed by atoms with E-state index in [2.05, 4.69) is 29.1 Å². The fraction of sp³-hybridized carbons (Fsp3) is 0.194. The maximum absolute atomic E-state index is 11.4. The second kappa shape index (κ2) is 12.9. The Morgan fingerprint density at radius 2 is 1.63 bits per heavy atom. The highest BCUT2D eigenvalue weighted by Gasteiger charge is 2.21. The number of rotatable bonds is 11. The fourth-order valence-corrected chi connectivity index (χ4v) is 5.06. The van der Waals surface area contributed by atoms with Crippen molar-refractivity contribution in [1.29, 1.82) is 0 Å². The molecule has 1 unspecified atom stereocenters. The Hall–Kier alpha value is -3.45. The maximum Gasteiger partial charge on any atom is 0.321 e. The number of hydrogen-bond donors (Lipinski definition) is 3. The van der Waals surface area contributed by atoms with Crippen molar-refractivity contribution in [2.45, 2.75) is 38.3 Å². The van der Waals surface area contributed by atoms with Crippen LogP contribution in [0.2, 0.25) is 5.02 Å². The fourth-order valence-electron chi connectivity index (χ4n) is 3.85. The third-order valence-corrected chi connectivity index (χ3v) is 7.39. The van der Waals surface area contributed by atoms with Crippen LogP contribution >= 0.6 is 23.5 Å². The summed E-state index contributed by atoms with van der Waals surface area (Å²) in [5.41, 5.74) is 6.37. The molecule has 38 heavy (non-hydrogen) atoms. The molecule has 0 saturated heterocycles. The molecule has 196 valence electrons. The van der Waals surface area contributed by atoms with Crippen LogP contribution < -0.4 is 14.8 Å². The summed E-state index contributed by atoms with van der Waals surface area (Å²) >= 11 is 7.74. The number of ether oxygens (including phenoxy) is 1. The van der Waals surface area contributed by atoms with E-state index in [0.29, 0.717) is 11.6 Å². The van der Waals surface area contributed by atoms with Gasteiger partial charge < -0.3 is 15.2 Å². The Balaban J connectivity index is 1.32. The number of carboxylic acid groups (broad SMARTS) is 1. The highest BCUT2D eigenvalue weighted by atomic mass is 35.5. The van der Waals surface area contributed by atoms with Crippen LogP contribution in [0, 0.1) is 12.8 Å². The van der Waals surface area contributed by atoms with Gasteiger partial charge in [-0.25, -0.2) is 4.72 Å². The zero-order valence-corrected chi connectivity index (χ0v) is 23.1. The van der Waals surface area contributed by atoms with Crippen LogP contribution in [0.1, 0.15) is 25.0 Å². The number of anilines is 2. The normalized spacial score (nSPS) is 11.8. The van der Waals surface area contributed by atoms with Crippen LogP contribution in [0.5, 0.6) is 5.75 Å². The van der Waals surface area contributed by atoms with E-state index in [1.54, 1.807) is 0 Å². The molecule has 0 aromatic heterocycles. The van der Waals surface area contributed by atoms with Gasteiger partial charge in [0.25, 0.3) is 0 Å². The molecule has 4 aromatic rings. The average Bonchev–Trinajstić information content (AvgIpc) is 2.89. The quantitative estimate of drug-likeness (QED) is 0.164. The zero-order valence-electron chi connectivity index (χ0n) is 21.6. The average molecular weight is 547 g/mol. The molecule has 0 spiro atoms. The van der Waals surface area contributed by atoms with Crippen molar-refractivity contribution < 1.29 is 14.6 Å². The van der Waals surface area contributed by atoms with E-state index in [9.17, 15) is 9.90 Å². The van der Waals surface area contributed by atoms with Crippen LogP contribution in [-0.2, 0) is 11.4 Å². The minimum Gasteiger partial charge on any atom is -0.489 e. The number of nitrogens with one attached hydrogen (secondary N) is 2. The number of hydrogen-bond acceptors (Lipinski definition) is 5. The molecule has 0 fully saturated rings. The lowest BCUT2D eigenvalue weighted by molar-refractivity contribution is -0.139. The lowest BCUT2D eigenvalue weighted by atomic mass is 10.0. The third-order valence-electron chi connectivity index (χ3n) is 6.01. The molecule has 0 aliphatic heterocycles. The summed E-state index contributed by atoms with van der Waals surface area (Å²) in [6.45, 7) is 6.28. The van der Waals surface area contributed by atoms with Crippen LogP contribution in [0.3, 0.4) is 0 Å². The van der Waals surface area contributed by atoms with Gasteiger partial charge in [-0.3, -0.25) is 4.79 Å². The molecule has 4 aromatic carbocycles. The highest BCUT2D eigenvalue weighted by molar-refractivity contribution is 7.97. The van der Waals surface area contributed by atoms with Crippen LogP contribution in [0.15, 0.2) is 95.9 Å². The smallest absolute Gasteiger partial charge is 0.321 e. The molecule has 1 atom stereocenters. The number of carboxylic acids is 1. The van der Waals surface area contributed by atoms with Gasteiger partial charge in [0.1, 0.15) is 18.4 Å². The van der Waals surface area contributed by atoms with Gasteiger partial charge in [-0.1, -0.05) is 67.9 Å². The van der Waals surface area contributed by atoms with Gasteiger partial charge in [0.2, 0.25) is 0 Å². The first-order chi connectivity index (χ1) is 18.3. The largest absolute Gasteiger partial charge is 0.489 e. The molecule has 0 amide bonds. The van der Waals surface area contributed by atoms with Crippen molar-refractivity contribution in [2.75, 3.05) is 5.32 Å². The summed E-state index contributed by atoms with van der Waals surface area (Å²) in [6, 6.07) is 29.5. The molecule has 0 saturated carbocycles. The lowest BCUT2D eigenvalue weighted by Gasteiger charge is -2.17. The second-order valence-electron chi connectivity index (χ2n) is 9.43. The minimum absolute atomic E-state index is 0.0408. The number of carbonyl (C=O) groups is 1. The number of halogens is 1. The Labute approximate surface area is 233 Å². The molecule has 7 heteroatoms. The first-order valence-corrected chi connectivity index (χ1v) is 13.6. The highest BCUT2D eigenvalue weighted by Crippen LogP contribution is 2.31. The maximum atomic E-state index is 11.4. The molecular weight excluding hydrogens is 516 g/mol. The SMILES string of the molecule is Cc1cccc(Nc2ccc(OCc3ccc(-c4ccc(SNC(C(=O)O)C(C)C)c(Cl)c4)cc3)cc2)c1. The van der Waals surface area contributed by atoms with Crippen LogP contribution in [0.25, 0.3) is 11.1 Å². The Bertz CT molecular complexity index is 1380. The van der Waals surface area contributed by atoms with Crippen molar-refractivity contribution in [2.24, 2.45) is 5.92 Å². The zero-order chi connectivity index (χ0) is 27.1. The van der Waals surface area contributed by atoms with E-state index in [4.69, 9.17) is 16.3 Å². The van der Waals surface area contributed by atoms with Gasteiger partial charge in [0, 0.05) is 16.3 Å². The van der Waals surface area contributed by atoms with E-state index in [1.165, 1.54) is 17.5 Å². The van der Waals surface area contributed by atoms with Gasteiger partial charge in [-0.05, 0) is 95.6 Å². The van der Waals surface area contributed by atoms with Crippen molar-refractivity contribution >= 4 is 40.9 Å². The summed E-state index contributed by atoms with van der Waals surface area (Å²) in [6.07, 6.45) is 0. The van der Waals surface area contributed by atoms with Crippen molar-refractivity contribution in [3.8, 4) is 16.9 Å². The molecule has 0 radical (unpaired) electrons. The topological polar surface area (TPSA) is 70.6 Å². The van der Waals surface area contributed by atoms with Crippen molar-refractivity contribution in [3.63, 3.8) is 0 Å². The third kappa shape index (κ3) is 7.54. The Kier molecular flexibility index (Phi) is 9.34. The van der Waals surface area contributed by atoms with Gasteiger partial charge in [-0.2, -0.15) is 0 Å². The number of aryl methyl sites for hydroxylation is 1. The lowest BCUT2D eigenvalue weighted by Crippen LogP contribution is -2.36. The van der Waals surface area contributed by atoms with Crippen molar-refractivity contribution in [1.82, 2.24) is 4.72 Å². The summed E-state index contributed by atoms with van der Waals surface area (Å²) in [7, 11) is 0. The molecule has 0 bridgehead atoms. The Morgan fingerprint density at radius 3 is 2.26 bits per heavy atom. The monoisotopic (exact) mass is 546 g/mol. The molecule has 3 N–H and O–H groups in total. The summed E-state index contributed by atoms with van der Waals surface area (Å²) in [5.74, 6) is -0.114. The van der Waals surface area contributed by atoms with E-state index >= 15 is 0 Å². The molecule has 0 aliphatic carbocycles. The van der Waals surface area contributed by atoms with E-state index < -0.39 is 12.0 Å². The standard InChI is InChI=1S/C31H31ClN2O3S/c1-20(2)30(31(35)36)34-38-29-16-11-24(18-28(29)32)23-9-7-22(8-10-23)19-37-27-14-12-25(13-15-27)33-26-6-4-5-21(3)17-26/h4-18,20,30,33-34H,19H2,1-3H3,(H,35,36). The van der Waals surface area contributed by atoms with Gasteiger partial charge >= 0.3 is 5.97 Å². The van der Waals surface area contributed by atoms with Gasteiger partial charge in [-0.15, -0.1) is 0 Å². The van der Waals surface area contributed by atoms with Gasteiger partial charge in [0.05, 0.1) is 5.02 Å². The summed E-state index contributed by atoms with van der Waals surface area (Å²) in [4.78, 5) is 12.2.